The second-order valence-corrected chi connectivity index (χ2v) is 24.9. The van der Waals surface area contributed by atoms with Crippen LogP contribution in [-0.4, -0.2) is 47.4 Å². The van der Waals surface area contributed by atoms with E-state index >= 15 is 0 Å². The van der Waals surface area contributed by atoms with Crippen molar-refractivity contribution in [2.45, 2.75) is 405 Å². The van der Waals surface area contributed by atoms with Crippen molar-refractivity contribution in [1.29, 1.82) is 0 Å². The molecular weight excluding hydrogens is 995 g/mol. The molecule has 6 nitrogen and oxygen atoms in total. The zero-order valence-electron chi connectivity index (χ0n) is 54.5. The van der Waals surface area contributed by atoms with Gasteiger partial charge in [-0.3, -0.25) is 9.59 Å². The highest BCUT2D eigenvalue weighted by molar-refractivity contribution is 5.76. The normalized spacial score (nSPS) is 12.8. The van der Waals surface area contributed by atoms with E-state index in [1.54, 1.807) is 6.08 Å². The number of esters is 1. The van der Waals surface area contributed by atoms with Crippen molar-refractivity contribution in [1.82, 2.24) is 5.32 Å². The van der Waals surface area contributed by atoms with Crippen molar-refractivity contribution in [3.63, 3.8) is 0 Å². The first-order valence-corrected chi connectivity index (χ1v) is 36.4. The van der Waals surface area contributed by atoms with Crippen LogP contribution in [0.5, 0.6) is 0 Å². The fraction of sp³-hybridized carbons (Fsp3) is 0.867. The molecule has 81 heavy (non-hydrogen) atoms. The van der Waals surface area contributed by atoms with Crippen molar-refractivity contribution in [2.75, 3.05) is 13.2 Å². The summed E-state index contributed by atoms with van der Waals surface area (Å²) in [5.74, 6) is -0.0599. The lowest BCUT2D eigenvalue weighted by atomic mass is 10.0. The highest BCUT2D eigenvalue weighted by atomic mass is 16.5. The SMILES string of the molecule is CCCCCC/C=C\C/C=C\CCCCCCCCCC(=O)OCCCCCCCCCCCCCC/C=C\CCCCCCCCCCCCC(=O)NC(CO)C(O)/C=C/CCCCCCCCCCCCCCCCCCCC. The second kappa shape index (κ2) is 70.3. The van der Waals surface area contributed by atoms with Gasteiger partial charge in [0, 0.05) is 12.8 Å². The van der Waals surface area contributed by atoms with Crippen LogP contribution >= 0.6 is 0 Å². The summed E-state index contributed by atoms with van der Waals surface area (Å²) in [6.45, 7) is 4.91. The van der Waals surface area contributed by atoms with Crippen LogP contribution in [-0.2, 0) is 14.3 Å². The molecule has 0 rings (SSSR count). The summed E-state index contributed by atoms with van der Waals surface area (Å²) in [7, 11) is 0. The van der Waals surface area contributed by atoms with E-state index in [-0.39, 0.29) is 18.5 Å². The number of carbonyl (C=O) groups excluding carboxylic acids is 2. The maximum atomic E-state index is 12.5. The van der Waals surface area contributed by atoms with Crippen LogP contribution in [0.15, 0.2) is 48.6 Å². The van der Waals surface area contributed by atoms with Crippen LogP contribution < -0.4 is 5.32 Å². The van der Waals surface area contributed by atoms with Gasteiger partial charge in [0.05, 0.1) is 25.4 Å². The van der Waals surface area contributed by atoms with Gasteiger partial charge in [-0.05, 0) is 89.9 Å². The molecule has 0 fully saturated rings. The first kappa shape index (κ1) is 78.8. The maximum absolute atomic E-state index is 12.5. The molecule has 0 aromatic carbocycles. The third-order valence-electron chi connectivity index (χ3n) is 16.8. The zero-order valence-corrected chi connectivity index (χ0v) is 54.5. The number of amides is 1. The zero-order chi connectivity index (χ0) is 58.5. The molecule has 3 N–H and O–H groups in total. The van der Waals surface area contributed by atoms with Gasteiger partial charge in [-0.1, -0.05) is 339 Å². The Kier molecular flexibility index (Phi) is 68.4. The van der Waals surface area contributed by atoms with E-state index in [4.69, 9.17) is 4.74 Å². The Morgan fingerprint density at radius 1 is 0.346 bits per heavy atom. The van der Waals surface area contributed by atoms with Crippen molar-refractivity contribution in [2.24, 2.45) is 0 Å². The number of carbonyl (C=O) groups is 2. The first-order chi connectivity index (χ1) is 40.0. The van der Waals surface area contributed by atoms with Gasteiger partial charge >= 0.3 is 5.97 Å². The number of aliphatic hydroxyl groups is 2. The fourth-order valence-electron chi connectivity index (χ4n) is 11.3. The molecule has 0 bridgehead atoms. The van der Waals surface area contributed by atoms with Gasteiger partial charge in [0.15, 0.2) is 0 Å². The van der Waals surface area contributed by atoms with E-state index in [1.807, 2.05) is 6.08 Å². The first-order valence-electron chi connectivity index (χ1n) is 36.4. The molecule has 0 saturated heterocycles. The van der Waals surface area contributed by atoms with Gasteiger partial charge in [-0.25, -0.2) is 0 Å². The van der Waals surface area contributed by atoms with E-state index in [2.05, 4.69) is 55.6 Å². The minimum absolute atomic E-state index is 0.00688. The number of nitrogens with one attached hydrogen (secondary N) is 1. The molecule has 0 saturated carbocycles. The topological polar surface area (TPSA) is 95.9 Å². The van der Waals surface area contributed by atoms with Gasteiger partial charge in [0.25, 0.3) is 0 Å². The van der Waals surface area contributed by atoms with Crippen LogP contribution in [0, 0.1) is 0 Å². The standard InChI is InChI=1S/C75H141NO5/c1-3-5-7-9-11-13-15-17-19-21-23-32-35-39-43-47-51-55-59-63-67-73(78)72(71-77)76-74(79)68-64-60-56-52-48-44-40-36-33-30-28-26-24-25-27-29-31-34-38-42-46-50-54-58-62-66-70-81-75(80)69-65-61-57-53-49-45-41-37-22-20-18-16-14-12-10-8-6-4-2/h14,16,20,22,24,26,63,67,72-73,77-78H,3-13,15,17-19,21,23,25,27-62,64-66,68-71H2,1-2H3,(H,76,79)/b16-14-,22-20-,26-24-,67-63+. The van der Waals surface area contributed by atoms with Gasteiger partial charge in [0.2, 0.25) is 5.91 Å². The quantitative estimate of drug-likeness (QED) is 0.0320. The molecule has 0 aliphatic carbocycles. The monoisotopic (exact) mass is 1140 g/mol. The lowest BCUT2D eigenvalue weighted by Gasteiger charge is -2.20. The van der Waals surface area contributed by atoms with E-state index in [0.29, 0.717) is 19.4 Å². The highest BCUT2D eigenvalue weighted by Crippen LogP contribution is 2.18. The molecule has 476 valence electrons. The van der Waals surface area contributed by atoms with Gasteiger partial charge in [0.1, 0.15) is 0 Å². The third kappa shape index (κ3) is 66.8. The molecule has 0 aromatic rings. The molecule has 1 amide bonds. The number of aliphatic hydroxyl groups excluding tert-OH is 2. The molecule has 6 heteroatoms. The number of unbranched alkanes of at least 4 members (excludes halogenated alkanes) is 51. The van der Waals surface area contributed by atoms with Crippen LogP contribution in [0.25, 0.3) is 0 Å². The summed E-state index contributed by atoms with van der Waals surface area (Å²) >= 11 is 0. The number of hydrogen-bond donors (Lipinski definition) is 3. The molecule has 0 aliphatic rings. The van der Waals surface area contributed by atoms with Crippen LogP contribution in [0.2, 0.25) is 0 Å². The molecule has 0 aromatic heterocycles. The number of allylic oxidation sites excluding steroid dienone is 7. The van der Waals surface area contributed by atoms with E-state index < -0.39 is 12.1 Å². The Hall–Kier alpha value is -2.18. The molecule has 2 unspecified atom stereocenters. The lowest BCUT2D eigenvalue weighted by molar-refractivity contribution is -0.143. The Labute approximate surface area is 506 Å². The fourth-order valence-corrected chi connectivity index (χ4v) is 11.3. The van der Waals surface area contributed by atoms with Crippen LogP contribution in [0.4, 0.5) is 0 Å². The summed E-state index contributed by atoms with van der Waals surface area (Å²) in [6.07, 6.45) is 91.9. The lowest BCUT2D eigenvalue weighted by Crippen LogP contribution is -2.45. The summed E-state index contributed by atoms with van der Waals surface area (Å²) in [5, 5.41) is 23.2. The Balaban J connectivity index is 3.41. The maximum Gasteiger partial charge on any atom is 0.305 e. The third-order valence-corrected chi connectivity index (χ3v) is 16.8. The molecule has 2 atom stereocenters. The molecule has 0 heterocycles. The molecule has 0 spiro atoms. The minimum Gasteiger partial charge on any atom is -0.466 e. The predicted molar refractivity (Wildman–Crippen MR) is 356 cm³/mol. The largest absolute Gasteiger partial charge is 0.466 e. The summed E-state index contributed by atoms with van der Waals surface area (Å²) < 4.78 is 5.50. The Morgan fingerprint density at radius 3 is 0.963 bits per heavy atom. The van der Waals surface area contributed by atoms with Crippen molar-refractivity contribution in [3.8, 4) is 0 Å². The minimum atomic E-state index is -0.847. The Morgan fingerprint density at radius 2 is 0.617 bits per heavy atom. The van der Waals surface area contributed by atoms with Crippen LogP contribution in [0.3, 0.4) is 0 Å². The number of hydrogen-bond acceptors (Lipinski definition) is 5. The average Bonchev–Trinajstić information content (AvgIpc) is 3.47. The summed E-state index contributed by atoms with van der Waals surface area (Å²) in [4.78, 5) is 24.6. The van der Waals surface area contributed by atoms with E-state index in [0.717, 1.165) is 51.4 Å². The highest BCUT2D eigenvalue weighted by Gasteiger charge is 2.18. The van der Waals surface area contributed by atoms with Gasteiger partial charge < -0.3 is 20.3 Å². The van der Waals surface area contributed by atoms with E-state index in [9.17, 15) is 19.8 Å². The Bertz CT molecular complexity index is 1360. The number of rotatable bonds is 68. The summed E-state index contributed by atoms with van der Waals surface area (Å²) in [5.41, 5.74) is 0. The summed E-state index contributed by atoms with van der Waals surface area (Å²) in [6, 6.07) is -0.631. The van der Waals surface area contributed by atoms with Crippen molar-refractivity contribution < 1.29 is 24.5 Å². The van der Waals surface area contributed by atoms with Gasteiger partial charge in [-0.2, -0.15) is 0 Å². The molecule has 0 aliphatic heterocycles. The predicted octanol–water partition coefficient (Wildman–Crippen LogP) is 23.6. The smallest absolute Gasteiger partial charge is 0.305 e. The van der Waals surface area contributed by atoms with E-state index in [1.165, 1.54) is 315 Å². The van der Waals surface area contributed by atoms with Crippen molar-refractivity contribution in [3.05, 3.63) is 48.6 Å². The average molecular weight is 1140 g/mol. The van der Waals surface area contributed by atoms with Crippen molar-refractivity contribution >= 4 is 11.9 Å². The van der Waals surface area contributed by atoms with Gasteiger partial charge in [-0.15, -0.1) is 0 Å². The molecule has 0 radical (unpaired) electrons. The second-order valence-electron chi connectivity index (χ2n) is 24.9. The van der Waals surface area contributed by atoms with Crippen LogP contribution in [0.1, 0.15) is 393 Å². The number of ether oxygens (including phenoxy) is 1. The molecular formula is C75H141NO5.